The van der Waals surface area contributed by atoms with Gasteiger partial charge in [0.2, 0.25) is 10.0 Å². The predicted octanol–water partition coefficient (Wildman–Crippen LogP) is 2.21. The molecule has 1 saturated carbocycles. The molecule has 1 atom stereocenters. The number of hydrogen-bond donors (Lipinski definition) is 1. The Kier molecular flexibility index (Phi) is 4.92. The fraction of sp³-hybridized carbons (Fsp3) is 0.588. The van der Waals surface area contributed by atoms with Crippen molar-refractivity contribution >= 4 is 16.0 Å². The van der Waals surface area contributed by atoms with Gasteiger partial charge in [-0.1, -0.05) is 0 Å². The van der Waals surface area contributed by atoms with E-state index >= 15 is 0 Å². The lowest BCUT2D eigenvalue weighted by Crippen LogP contribution is -2.40. The third-order valence-corrected chi connectivity index (χ3v) is 6.87. The molecule has 0 aromatic heterocycles. The minimum atomic E-state index is -3.78. The zero-order valence-corrected chi connectivity index (χ0v) is 15.2. The van der Waals surface area contributed by atoms with E-state index in [0.717, 1.165) is 18.9 Å². The molecular formula is C17H23NO6S. The highest BCUT2D eigenvalue weighted by atomic mass is 32.2. The van der Waals surface area contributed by atoms with Gasteiger partial charge in [-0.2, -0.15) is 4.31 Å². The molecule has 1 N–H and O–H groups in total. The van der Waals surface area contributed by atoms with Crippen molar-refractivity contribution in [3.8, 4) is 11.5 Å². The van der Waals surface area contributed by atoms with Gasteiger partial charge < -0.3 is 14.6 Å². The normalized spacial score (nSPS) is 21.8. The van der Waals surface area contributed by atoms with E-state index in [2.05, 4.69) is 0 Å². The lowest BCUT2D eigenvalue weighted by molar-refractivity contribution is 0.0692. The molecule has 1 aromatic rings. The van der Waals surface area contributed by atoms with Gasteiger partial charge in [-0.25, -0.2) is 13.2 Å². The number of ether oxygens (including phenoxy) is 2. The number of carbonyl (C=O) groups is 1. The average molecular weight is 369 g/mol. The fourth-order valence-electron chi connectivity index (χ4n) is 3.54. The summed E-state index contributed by atoms with van der Waals surface area (Å²) in [5.74, 6) is -0.109. The Morgan fingerprint density at radius 2 is 1.88 bits per heavy atom. The van der Waals surface area contributed by atoms with Crippen molar-refractivity contribution < 1.29 is 27.8 Å². The summed E-state index contributed by atoms with van der Waals surface area (Å²) in [4.78, 5) is 11.4. The Hall–Kier alpha value is -1.80. The van der Waals surface area contributed by atoms with Crippen LogP contribution in [-0.2, 0) is 10.0 Å². The lowest BCUT2D eigenvalue weighted by Gasteiger charge is -2.32. The van der Waals surface area contributed by atoms with Gasteiger partial charge in [0.05, 0.1) is 19.1 Å². The second-order valence-corrected chi connectivity index (χ2v) is 8.55. The van der Waals surface area contributed by atoms with Crippen molar-refractivity contribution in [2.75, 3.05) is 27.3 Å². The zero-order valence-electron chi connectivity index (χ0n) is 14.4. The first-order valence-corrected chi connectivity index (χ1v) is 9.82. The summed E-state index contributed by atoms with van der Waals surface area (Å²) in [5.41, 5.74) is -0.226. The van der Waals surface area contributed by atoms with Crippen LogP contribution in [0.2, 0.25) is 0 Å². The summed E-state index contributed by atoms with van der Waals surface area (Å²) in [6.45, 7) is 0.964. The summed E-state index contributed by atoms with van der Waals surface area (Å²) in [5, 5.41) is 9.40. The average Bonchev–Trinajstić information content (AvgIpc) is 3.45. The molecule has 0 radical (unpaired) electrons. The number of hydrogen-bond acceptors (Lipinski definition) is 5. The van der Waals surface area contributed by atoms with Gasteiger partial charge in [0.15, 0.2) is 11.5 Å². The molecule has 2 fully saturated rings. The first-order valence-electron chi connectivity index (χ1n) is 8.38. The molecule has 0 bridgehead atoms. The molecule has 7 nitrogen and oxygen atoms in total. The van der Waals surface area contributed by atoms with Crippen LogP contribution in [-0.4, -0.2) is 51.1 Å². The van der Waals surface area contributed by atoms with Crippen LogP contribution < -0.4 is 9.47 Å². The first kappa shape index (κ1) is 18.0. The highest BCUT2D eigenvalue weighted by Gasteiger charge is 2.38. The number of sulfonamides is 1. The van der Waals surface area contributed by atoms with E-state index in [0.29, 0.717) is 24.9 Å². The minimum Gasteiger partial charge on any atom is -0.493 e. The van der Waals surface area contributed by atoms with Crippen LogP contribution in [0.5, 0.6) is 11.5 Å². The molecule has 25 heavy (non-hydrogen) atoms. The molecule has 1 unspecified atom stereocenters. The van der Waals surface area contributed by atoms with E-state index in [-0.39, 0.29) is 22.0 Å². The molecule has 1 saturated heterocycles. The molecule has 1 aliphatic heterocycles. The third kappa shape index (κ3) is 3.46. The van der Waals surface area contributed by atoms with Gasteiger partial charge in [0, 0.05) is 19.2 Å². The topological polar surface area (TPSA) is 93.1 Å². The van der Waals surface area contributed by atoms with E-state index in [4.69, 9.17) is 9.47 Å². The maximum absolute atomic E-state index is 13.1. The van der Waals surface area contributed by atoms with Gasteiger partial charge in [-0.3, -0.25) is 0 Å². The van der Waals surface area contributed by atoms with Crippen LogP contribution in [0.25, 0.3) is 0 Å². The second kappa shape index (κ2) is 6.84. The summed E-state index contributed by atoms with van der Waals surface area (Å²) in [7, 11) is -1.11. The number of piperidine rings is 1. The molecule has 0 spiro atoms. The number of carboxylic acids is 1. The molecule has 0 amide bonds. The number of carboxylic acid groups (broad SMARTS) is 1. The predicted molar refractivity (Wildman–Crippen MR) is 90.7 cm³/mol. The van der Waals surface area contributed by atoms with Crippen molar-refractivity contribution in [1.82, 2.24) is 4.31 Å². The number of rotatable bonds is 6. The highest BCUT2D eigenvalue weighted by molar-refractivity contribution is 7.89. The van der Waals surface area contributed by atoms with Crippen molar-refractivity contribution in [1.29, 1.82) is 0 Å². The molecule has 3 rings (SSSR count). The van der Waals surface area contributed by atoms with Crippen molar-refractivity contribution in [3.05, 3.63) is 17.7 Å². The summed E-state index contributed by atoms with van der Waals surface area (Å²) in [6.07, 6.45) is 4.25. The Morgan fingerprint density at radius 1 is 1.16 bits per heavy atom. The van der Waals surface area contributed by atoms with Crippen LogP contribution >= 0.6 is 0 Å². The number of nitrogens with zero attached hydrogens (tertiary/aromatic N) is 1. The Bertz CT molecular complexity index is 772. The quantitative estimate of drug-likeness (QED) is 0.826. The fourth-order valence-corrected chi connectivity index (χ4v) is 5.12. The lowest BCUT2D eigenvalue weighted by atomic mass is 9.95. The number of methoxy groups -OCH3 is 2. The van der Waals surface area contributed by atoms with Crippen LogP contribution in [0.1, 0.15) is 36.0 Å². The van der Waals surface area contributed by atoms with E-state index in [1.807, 2.05) is 0 Å². The van der Waals surface area contributed by atoms with E-state index in [1.165, 1.54) is 37.4 Å². The highest BCUT2D eigenvalue weighted by Crippen LogP contribution is 2.42. The monoisotopic (exact) mass is 369 g/mol. The van der Waals surface area contributed by atoms with E-state index < -0.39 is 16.0 Å². The van der Waals surface area contributed by atoms with Gasteiger partial charge in [-0.05, 0) is 43.6 Å². The Balaban J connectivity index is 1.98. The maximum Gasteiger partial charge on any atom is 0.339 e. The molecule has 1 aromatic carbocycles. The zero-order chi connectivity index (χ0) is 18.2. The van der Waals surface area contributed by atoms with Gasteiger partial charge >= 0.3 is 5.97 Å². The van der Waals surface area contributed by atoms with Crippen LogP contribution in [0, 0.1) is 11.8 Å². The molecule has 1 heterocycles. The van der Waals surface area contributed by atoms with Crippen LogP contribution in [0.4, 0.5) is 0 Å². The van der Waals surface area contributed by atoms with Crippen LogP contribution in [0.3, 0.4) is 0 Å². The minimum absolute atomic E-state index is 0.0171. The number of benzene rings is 1. The van der Waals surface area contributed by atoms with E-state index in [9.17, 15) is 18.3 Å². The molecule has 138 valence electrons. The summed E-state index contributed by atoms with van der Waals surface area (Å²) >= 11 is 0. The van der Waals surface area contributed by atoms with Crippen molar-refractivity contribution in [3.63, 3.8) is 0 Å². The largest absolute Gasteiger partial charge is 0.493 e. The first-order chi connectivity index (χ1) is 11.9. The molecular weight excluding hydrogens is 346 g/mol. The third-order valence-electron chi connectivity index (χ3n) is 5.03. The van der Waals surface area contributed by atoms with Crippen molar-refractivity contribution in [2.45, 2.75) is 30.6 Å². The van der Waals surface area contributed by atoms with Crippen molar-refractivity contribution in [2.24, 2.45) is 11.8 Å². The second-order valence-electron chi connectivity index (χ2n) is 6.61. The SMILES string of the molecule is COc1cc(S(=O)(=O)N2CCCC(C3CC3)C2)cc(C(=O)O)c1OC. The molecule has 1 aliphatic carbocycles. The number of aromatic carboxylic acids is 1. The van der Waals surface area contributed by atoms with E-state index in [1.54, 1.807) is 0 Å². The van der Waals surface area contributed by atoms with Crippen LogP contribution in [0.15, 0.2) is 17.0 Å². The van der Waals surface area contributed by atoms with Gasteiger partial charge in [-0.15, -0.1) is 0 Å². The molecule has 8 heteroatoms. The Labute approximate surface area is 147 Å². The standard InChI is InChI=1S/C17H23NO6S/c1-23-15-9-13(8-14(17(19)20)16(15)24-2)25(21,22)18-7-3-4-12(10-18)11-5-6-11/h8-9,11-12H,3-7,10H2,1-2H3,(H,19,20). The van der Waals surface area contributed by atoms with Gasteiger partial charge in [0.25, 0.3) is 0 Å². The maximum atomic E-state index is 13.1. The summed E-state index contributed by atoms with van der Waals surface area (Å²) < 4.78 is 37.8. The molecule has 2 aliphatic rings. The smallest absolute Gasteiger partial charge is 0.339 e. The Morgan fingerprint density at radius 3 is 2.44 bits per heavy atom. The summed E-state index contributed by atoms with van der Waals surface area (Å²) in [6, 6.07) is 2.49. The van der Waals surface area contributed by atoms with Gasteiger partial charge in [0.1, 0.15) is 5.56 Å².